The molecule has 0 aromatic heterocycles. The fourth-order valence-electron chi connectivity index (χ4n) is 4.00. The van der Waals surface area contributed by atoms with Crippen molar-refractivity contribution in [2.75, 3.05) is 32.7 Å². The van der Waals surface area contributed by atoms with Crippen molar-refractivity contribution in [2.45, 2.75) is 39.0 Å². The molecule has 1 aliphatic heterocycles. The van der Waals surface area contributed by atoms with Crippen LogP contribution in [0.5, 0.6) is 5.75 Å². The van der Waals surface area contributed by atoms with Crippen LogP contribution in [0.3, 0.4) is 0 Å². The third-order valence-corrected chi connectivity index (χ3v) is 5.90. The van der Waals surface area contributed by atoms with Gasteiger partial charge in [0.15, 0.2) is 0 Å². The van der Waals surface area contributed by atoms with Crippen molar-refractivity contribution in [1.82, 2.24) is 9.80 Å². The van der Waals surface area contributed by atoms with Crippen molar-refractivity contribution in [3.05, 3.63) is 89.6 Å². The second kappa shape index (κ2) is 11.9. The van der Waals surface area contributed by atoms with Gasteiger partial charge in [0.25, 0.3) is 0 Å². The van der Waals surface area contributed by atoms with Gasteiger partial charge in [-0.3, -0.25) is 4.90 Å². The largest absolute Gasteiger partial charge is 0.486 e. The molecule has 1 heterocycles. The molecule has 3 rings (SSSR count). The first kappa shape index (κ1) is 24.9. The standard InChI is InChI=1S/C27H33F3N2O/c1-3-5-11-24(4-2)32-20-18-31(19-21-32)17-16-26(22-9-7-6-8-10-22)33-25-14-12-23(13-15-25)27(28,29)30/h4-15,26H,3,16-21H2,1-2H3/b11-5-,24-4+. The maximum Gasteiger partial charge on any atom is 0.416 e. The van der Waals surface area contributed by atoms with E-state index in [0.29, 0.717) is 5.75 Å². The number of allylic oxidation sites excluding steroid dienone is 3. The first-order chi connectivity index (χ1) is 15.9. The molecular formula is C27H33F3N2O. The van der Waals surface area contributed by atoms with Crippen LogP contribution in [0.2, 0.25) is 0 Å². The highest BCUT2D eigenvalue weighted by Crippen LogP contribution is 2.32. The summed E-state index contributed by atoms with van der Waals surface area (Å²) in [5.74, 6) is 0.446. The first-order valence-electron chi connectivity index (χ1n) is 11.6. The summed E-state index contributed by atoms with van der Waals surface area (Å²) in [5.41, 5.74) is 1.62. The van der Waals surface area contributed by atoms with Gasteiger partial charge in [-0.1, -0.05) is 49.4 Å². The highest BCUT2D eigenvalue weighted by atomic mass is 19.4. The molecule has 1 saturated heterocycles. The van der Waals surface area contributed by atoms with Crippen LogP contribution in [0, 0.1) is 0 Å². The van der Waals surface area contributed by atoms with Gasteiger partial charge in [-0.25, -0.2) is 0 Å². The number of piperazine rings is 1. The highest BCUT2D eigenvalue weighted by Gasteiger charge is 2.30. The average Bonchev–Trinajstić information content (AvgIpc) is 2.83. The molecular weight excluding hydrogens is 425 g/mol. The molecule has 0 aliphatic carbocycles. The number of halogens is 3. The predicted octanol–water partition coefficient (Wildman–Crippen LogP) is 6.70. The summed E-state index contributed by atoms with van der Waals surface area (Å²) in [6.07, 6.45) is 3.75. The molecule has 0 amide bonds. The quantitative estimate of drug-likeness (QED) is 0.389. The third-order valence-electron chi connectivity index (χ3n) is 5.90. The average molecular weight is 459 g/mol. The second-order valence-electron chi connectivity index (χ2n) is 8.18. The van der Waals surface area contributed by atoms with Crippen LogP contribution in [0.4, 0.5) is 13.2 Å². The summed E-state index contributed by atoms with van der Waals surface area (Å²) in [7, 11) is 0. The maximum absolute atomic E-state index is 12.9. The third kappa shape index (κ3) is 7.39. The number of hydrogen-bond donors (Lipinski definition) is 0. The summed E-state index contributed by atoms with van der Waals surface area (Å²) in [5, 5.41) is 0. The molecule has 178 valence electrons. The molecule has 0 spiro atoms. The van der Waals surface area contributed by atoms with Crippen molar-refractivity contribution in [2.24, 2.45) is 0 Å². The highest BCUT2D eigenvalue weighted by molar-refractivity contribution is 5.30. The first-order valence-corrected chi connectivity index (χ1v) is 11.6. The van der Waals surface area contributed by atoms with E-state index >= 15 is 0 Å². The molecule has 1 atom stereocenters. The van der Waals surface area contributed by atoms with Crippen molar-refractivity contribution in [3.63, 3.8) is 0 Å². The van der Waals surface area contributed by atoms with Gasteiger partial charge < -0.3 is 9.64 Å². The smallest absolute Gasteiger partial charge is 0.416 e. The van der Waals surface area contributed by atoms with Gasteiger partial charge >= 0.3 is 6.18 Å². The minimum absolute atomic E-state index is 0.223. The molecule has 33 heavy (non-hydrogen) atoms. The van der Waals surface area contributed by atoms with E-state index in [1.54, 1.807) is 0 Å². The van der Waals surface area contributed by atoms with Gasteiger partial charge in [-0.15, -0.1) is 0 Å². The maximum atomic E-state index is 12.9. The van der Waals surface area contributed by atoms with Crippen LogP contribution in [-0.4, -0.2) is 42.5 Å². The van der Waals surface area contributed by atoms with Crippen LogP contribution in [0.15, 0.2) is 78.5 Å². The van der Waals surface area contributed by atoms with E-state index < -0.39 is 11.7 Å². The molecule has 0 N–H and O–H groups in total. The zero-order valence-electron chi connectivity index (χ0n) is 19.4. The number of alkyl halides is 3. The fourth-order valence-corrected chi connectivity index (χ4v) is 4.00. The summed E-state index contributed by atoms with van der Waals surface area (Å²) >= 11 is 0. The Hall–Kier alpha value is -2.73. The molecule has 0 bridgehead atoms. The van der Waals surface area contributed by atoms with E-state index in [2.05, 4.69) is 41.9 Å². The molecule has 1 unspecified atom stereocenters. The van der Waals surface area contributed by atoms with Crippen LogP contribution in [-0.2, 0) is 6.18 Å². The Morgan fingerprint density at radius 2 is 1.67 bits per heavy atom. The lowest BCUT2D eigenvalue weighted by Gasteiger charge is -2.37. The Labute approximate surface area is 195 Å². The Bertz CT molecular complexity index is 899. The molecule has 1 fully saturated rings. The summed E-state index contributed by atoms with van der Waals surface area (Å²) in [4.78, 5) is 4.84. The minimum atomic E-state index is -4.35. The van der Waals surface area contributed by atoms with Crippen molar-refractivity contribution < 1.29 is 17.9 Å². The number of nitrogens with zero attached hydrogens (tertiary/aromatic N) is 2. The van der Waals surface area contributed by atoms with Crippen molar-refractivity contribution in [3.8, 4) is 5.75 Å². The van der Waals surface area contributed by atoms with Crippen molar-refractivity contribution in [1.29, 1.82) is 0 Å². The number of rotatable bonds is 9. The van der Waals surface area contributed by atoms with E-state index in [-0.39, 0.29) is 6.10 Å². The molecule has 2 aromatic rings. The summed E-state index contributed by atoms with van der Waals surface area (Å²) in [6.45, 7) is 8.97. The molecule has 0 radical (unpaired) electrons. The molecule has 2 aromatic carbocycles. The lowest BCUT2D eigenvalue weighted by atomic mass is 10.1. The van der Waals surface area contributed by atoms with Gasteiger partial charge in [-0.05, 0) is 49.2 Å². The lowest BCUT2D eigenvalue weighted by molar-refractivity contribution is -0.137. The molecule has 3 nitrogen and oxygen atoms in total. The Morgan fingerprint density at radius 3 is 2.24 bits per heavy atom. The summed E-state index contributed by atoms with van der Waals surface area (Å²) < 4.78 is 44.8. The van der Waals surface area contributed by atoms with E-state index in [9.17, 15) is 13.2 Å². The van der Waals surface area contributed by atoms with E-state index in [1.807, 2.05) is 30.3 Å². The van der Waals surface area contributed by atoms with Gasteiger partial charge in [0, 0.05) is 44.8 Å². The van der Waals surface area contributed by atoms with Crippen LogP contribution < -0.4 is 4.74 Å². The minimum Gasteiger partial charge on any atom is -0.486 e. The molecule has 6 heteroatoms. The van der Waals surface area contributed by atoms with E-state index in [4.69, 9.17) is 4.74 Å². The lowest BCUT2D eigenvalue weighted by Crippen LogP contribution is -2.46. The Balaban J connectivity index is 1.60. The number of hydrogen-bond acceptors (Lipinski definition) is 3. The van der Waals surface area contributed by atoms with Gasteiger partial charge in [0.1, 0.15) is 11.9 Å². The Morgan fingerprint density at radius 1 is 1.00 bits per heavy atom. The second-order valence-corrected chi connectivity index (χ2v) is 8.18. The van der Waals surface area contributed by atoms with Crippen LogP contribution in [0.25, 0.3) is 0 Å². The predicted molar refractivity (Wildman–Crippen MR) is 127 cm³/mol. The van der Waals surface area contributed by atoms with Gasteiger partial charge in [0.2, 0.25) is 0 Å². The normalized spacial score (nSPS) is 16.9. The van der Waals surface area contributed by atoms with Crippen LogP contribution >= 0.6 is 0 Å². The molecule has 0 saturated carbocycles. The van der Waals surface area contributed by atoms with E-state index in [1.165, 1.54) is 17.8 Å². The SMILES string of the molecule is C/C=C(\C=C/CC)N1CCN(CCC(Oc2ccc(C(F)(F)F)cc2)c2ccccc2)CC1. The summed E-state index contributed by atoms with van der Waals surface area (Å²) in [6, 6.07) is 14.8. The van der Waals surface area contributed by atoms with Crippen LogP contribution in [0.1, 0.15) is 43.9 Å². The van der Waals surface area contributed by atoms with Crippen molar-refractivity contribution >= 4 is 0 Å². The number of benzene rings is 2. The fraction of sp³-hybridized carbons (Fsp3) is 0.407. The Kier molecular flexibility index (Phi) is 9.01. The zero-order chi connectivity index (χ0) is 23.7. The number of ether oxygens (including phenoxy) is 1. The topological polar surface area (TPSA) is 15.7 Å². The van der Waals surface area contributed by atoms with Gasteiger partial charge in [-0.2, -0.15) is 13.2 Å². The molecule has 1 aliphatic rings. The van der Waals surface area contributed by atoms with Gasteiger partial charge in [0.05, 0.1) is 5.56 Å². The zero-order valence-corrected chi connectivity index (χ0v) is 19.4. The van der Waals surface area contributed by atoms with E-state index in [0.717, 1.165) is 63.3 Å². The monoisotopic (exact) mass is 458 g/mol.